The van der Waals surface area contributed by atoms with Gasteiger partial charge in [0.25, 0.3) is 5.91 Å². The molecule has 0 atom stereocenters. The van der Waals surface area contributed by atoms with Crippen molar-refractivity contribution in [1.82, 2.24) is 5.32 Å². The number of rotatable bonds is 8. The molecule has 0 radical (unpaired) electrons. The van der Waals surface area contributed by atoms with Crippen LogP contribution in [0.3, 0.4) is 0 Å². The summed E-state index contributed by atoms with van der Waals surface area (Å²) in [5.41, 5.74) is -0.214. The quantitative estimate of drug-likeness (QED) is 0.725. The normalized spacial score (nSPS) is 15.4. The van der Waals surface area contributed by atoms with E-state index in [9.17, 15) is 14.7 Å². The molecule has 7 nitrogen and oxygen atoms in total. The molecule has 148 valence electrons. The SMILES string of the molecule is O=C(COc1ccc(OCc2ccccc2)cc1)NC1(C(=O)O)CCOCC1. The first kappa shape index (κ1) is 19.7. The lowest BCUT2D eigenvalue weighted by molar-refractivity contribution is -0.152. The molecule has 2 N–H and O–H groups in total. The molecule has 28 heavy (non-hydrogen) atoms. The minimum absolute atomic E-state index is 0.238. The third-order valence-corrected chi connectivity index (χ3v) is 4.58. The van der Waals surface area contributed by atoms with E-state index in [1.54, 1.807) is 24.3 Å². The van der Waals surface area contributed by atoms with Gasteiger partial charge in [0, 0.05) is 26.1 Å². The molecule has 0 aliphatic carbocycles. The average Bonchev–Trinajstić information content (AvgIpc) is 2.73. The van der Waals surface area contributed by atoms with Crippen molar-refractivity contribution in [1.29, 1.82) is 0 Å². The van der Waals surface area contributed by atoms with Gasteiger partial charge in [-0.3, -0.25) is 4.79 Å². The van der Waals surface area contributed by atoms with E-state index in [1.165, 1.54) is 0 Å². The molecule has 1 saturated heterocycles. The summed E-state index contributed by atoms with van der Waals surface area (Å²) in [5, 5.41) is 12.0. The number of carboxylic acid groups (broad SMARTS) is 1. The van der Waals surface area contributed by atoms with Gasteiger partial charge in [0.1, 0.15) is 23.6 Å². The number of carbonyl (C=O) groups excluding carboxylic acids is 1. The summed E-state index contributed by atoms with van der Waals surface area (Å²) in [5.74, 6) is -0.343. The smallest absolute Gasteiger partial charge is 0.329 e. The molecule has 1 heterocycles. The first-order valence-corrected chi connectivity index (χ1v) is 9.09. The molecule has 1 aliphatic rings. The molecular formula is C21H23NO6. The minimum Gasteiger partial charge on any atom is -0.489 e. The second kappa shape index (κ2) is 9.23. The molecular weight excluding hydrogens is 362 g/mol. The Morgan fingerprint density at radius 3 is 2.18 bits per heavy atom. The van der Waals surface area contributed by atoms with E-state index < -0.39 is 17.4 Å². The number of amides is 1. The highest BCUT2D eigenvalue weighted by Gasteiger charge is 2.41. The molecule has 2 aromatic rings. The Morgan fingerprint density at radius 1 is 0.964 bits per heavy atom. The topological polar surface area (TPSA) is 94.1 Å². The maximum Gasteiger partial charge on any atom is 0.329 e. The number of hydrogen-bond donors (Lipinski definition) is 2. The number of benzene rings is 2. The summed E-state index contributed by atoms with van der Waals surface area (Å²) >= 11 is 0. The number of hydrogen-bond acceptors (Lipinski definition) is 5. The van der Waals surface area contributed by atoms with Gasteiger partial charge in [0.15, 0.2) is 6.61 Å². The van der Waals surface area contributed by atoms with Crippen molar-refractivity contribution < 1.29 is 28.9 Å². The Labute approximate surface area is 163 Å². The Bertz CT molecular complexity index is 784. The van der Waals surface area contributed by atoms with Gasteiger partial charge in [0.05, 0.1) is 0 Å². The third kappa shape index (κ3) is 5.23. The van der Waals surface area contributed by atoms with E-state index in [2.05, 4.69) is 5.32 Å². The van der Waals surface area contributed by atoms with Crippen LogP contribution in [0.4, 0.5) is 0 Å². The Kier molecular flexibility index (Phi) is 6.49. The monoisotopic (exact) mass is 385 g/mol. The van der Waals surface area contributed by atoms with Crippen molar-refractivity contribution in [2.24, 2.45) is 0 Å². The van der Waals surface area contributed by atoms with Crippen molar-refractivity contribution in [3.63, 3.8) is 0 Å². The predicted molar refractivity (Wildman–Crippen MR) is 101 cm³/mol. The zero-order valence-corrected chi connectivity index (χ0v) is 15.4. The first-order chi connectivity index (χ1) is 13.6. The van der Waals surface area contributed by atoms with E-state index in [0.717, 1.165) is 5.56 Å². The van der Waals surface area contributed by atoms with E-state index >= 15 is 0 Å². The highest BCUT2D eigenvalue weighted by atomic mass is 16.5. The molecule has 3 rings (SSSR count). The zero-order chi connectivity index (χ0) is 19.8. The standard InChI is InChI=1S/C21H23NO6/c23-19(22-21(20(24)25)10-12-26-13-11-21)15-28-18-8-6-17(7-9-18)27-14-16-4-2-1-3-5-16/h1-9H,10-15H2,(H,22,23)(H,24,25). The molecule has 0 saturated carbocycles. The van der Waals surface area contributed by atoms with Crippen molar-refractivity contribution in [2.45, 2.75) is 25.0 Å². The fraction of sp³-hybridized carbons (Fsp3) is 0.333. The van der Waals surface area contributed by atoms with Crippen LogP contribution < -0.4 is 14.8 Å². The minimum atomic E-state index is -1.28. The summed E-state index contributed by atoms with van der Waals surface area (Å²) < 4.78 is 16.3. The first-order valence-electron chi connectivity index (χ1n) is 9.09. The summed E-state index contributed by atoms with van der Waals surface area (Å²) in [7, 11) is 0. The molecule has 2 aromatic carbocycles. The fourth-order valence-electron chi connectivity index (χ4n) is 2.94. The summed E-state index contributed by atoms with van der Waals surface area (Å²) in [6.45, 7) is 0.806. The summed E-state index contributed by atoms with van der Waals surface area (Å²) in [4.78, 5) is 23.7. The highest BCUT2D eigenvalue weighted by Crippen LogP contribution is 2.22. The van der Waals surface area contributed by atoms with Crippen molar-refractivity contribution in [3.05, 3.63) is 60.2 Å². The molecule has 0 bridgehead atoms. The van der Waals surface area contributed by atoms with Crippen LogP contribution in [-0.4, -0.2) is 42.3 Å². The van der Waals surface area contributed by atoms with E-state index in [-0.39, 0.29) is 19.4 Å². The van der Waals surface area contributed by atoms with Crippen LogP contribution in [0.2, 0.25) is 0 Å². The van der Waals surface area contributed by atoms with Crippen LogP contribution in [0.15, 0.2) is 54.6 Å². The number of aliphatic carboxylic acids is 1. The maximum absolute atomic E-state index is 12.2. The highest BCUT2D eigenvalue weighted by molar-refractivity contribution is 5.87. The van der Waals surface area contributed by atoms with Crippen molar-refractivity contribution in [3.8, 4) is 11.5 Å². The molecule has 1 aliphatic heterocycles. The van der Waals surface area contributed by atoms with Crippen LogP contribution in [-0.2, 0) is 20.9 Å². The molecule has 1 fully saturated rings. The third-order valence-electron chi connectivity index (χ3n) is 4.58. The Morgan fingerprint density at radius 2 is 1.57 bits per heavy atom. The van der Waals surface area contributed by atoms with Gasteiger partial charge in [-0.05, 0) is 29.8 Å². The molecule has 7 heteroatoms. The van der Waals surface area contributed by atoms with Crippen LogP contribution in [0.5, 0.6) is 11.5 Å². The van der Waals surface area contributed by atoms with Gasteiger partial charge >= 0.3 is 5.97 Å². The van der Waals surface area contributed by atoms with Gasteiger partial charge < -0.3 is 24.6 Å². The lowest BCUT2D eigenvalue weighted by Gasteiger charge is -2.33. The molecule has 0 spiro atoms. The number of nitrogens with one attached hydrogen (secondary N) is 1. The van der Waals surface area contributed by atoms with Crippen LogP contribution >= 0.6 is 0 Å². The predicted octanol–water partition coefficient (Wildman–Crippen LogP) is 2.39. The fourth-order valence-corrected chi connectivity index (χ4v) is 2.94. The number of carbonyl (C=O) groups is 2. The van der Waals surface area contributed by atoms with Crippen LogP contribution in [0.1, 0.15) is 18.4 Å². The van der Waals surface area contributed by atoms with Crippen LogP contribution in [0, 0.1) is 0 Å². The Balaban J connectivity index is 1.47. The van der Waals surface area contributed by atoms with Crippen molar-refractivity contribution in [2.75, 3.05) is 19.8 Å². The van der Waals surface area contributed by atoms with E-state index in [0.29, 0.717) is 31.3 Å². The van der Waals surface area contributed by atoms with Gasteiger partial charge in [-0.1, -0.05) is 30.3 Å². The van der Waals surface area contributed by atoms with Gasteiger partial charge in [-0.15, -0.1) is 0 Å². The summed E-state index contributed by atoms with van der Waals surface area (Å²) in [6.07, 6.45) is 0.475. The van der Waals surface area contributed by atoms with Gasteiger partial charge in [-0.2, -0.15) is 0 Å². The zero-order valence-electron chi connectivity index (χ0n) is 15.4. The maximum atomic E-state index is 12.2. The second-order valence-electron chi connectivity index (χ2n) is 6.58. The number of carboxylic acids is 1. The van der Waals surface area contributed by atoms with Gasteiger partial charge in [-0.25, -0.2) is 4.79 Å². The van der Waals surface area contributed by atoms with Crippen molar-refractivity contribution >= 4 is 11.9 Å². The second-order valence-corrected chi connectivity index (χ2v) is 6.58. The Hall–Kier alpha value is -3.06. The average molecular weight is 385 g/mol. The largest absolute Gasteiger partial charge is 0.489 e. The van der Waals surface area contributed by atoms with E-state index in [4.69, 9.17) is 14.2 Å². The lowest BCUT2D eigenvalue weighted by atomic mass is 9.90. The number of ether oxygens (including phenoxy) is 3. The van der Waals surface area contributed by atoms with E-state index in [1.807, 2.05) is 30.3 Å². The molecule has 1 amide bonds. The summed E-state index contributed by atoms with van der Waals surface area (Å²) in [6, 6.07) is 16.7. The van der Waals surface area contributed by atoms with Crippen LogP contribution in [0.25, 0.3) is 0 Å². The molecule has 0 unspecified atom stereocenters. The lowest BCUT2D eigenvalue weighted by Crippen LogP contribution is -2.58. The van der Waals surface area contributed by atoms with Gasteiger partial charge in [0.2, 0.25) is 0 Å². The molecule has 0 aromatic heterocycles.